The normalized spacial score (nSPS) is 29.4. The maximum atomic E-state index is 12.5. The van der Waals surface area contributed by atoms with Crippen LogP contribution in [0, 0.1) is 11.8 Å². The van der Waals surface area contributed by atoms with Gasteiger partial charge in [0.2, 0.25) is 12.0 Å². The van der Waals surface area contributed by atoms with E-state index in [-0.39, 0.29) is 38.3 Å². The minimum absolute atomic E-state index is 0.0734. The average Bonchev–Trinajstić information content (AvgIpc) is 3.97. The van der Waals surface area contributed by atoms with Crippen molar-refractivity contribution in [3.8, 4) is 40.6 Å². The Kier molecular flexibility index (Phi) is 11.0. The lowest BCUT2D eigenvalue weighted by Crippen LogP contribution is -2.71. The van der Waals surface area contributed by atoms with Crippen molar-refractivity contribution in [1.29, 1.82) is 0 Å². The summed E-state index contributed by atoms with van der Waals surface area (Å²) in [6.07, 6.45) is -8.96. The number of carbonyl (C=O) groups is 2. The van der Waals surface area contributed by atoms with Crippen LogP contribution in [0.15, 0.2) is 76.6 Å². The van der Waals surface area contributed by atoms with Crippen LogP contribution in [0.2, 0.25) is 0 Å². The topological polar surface area (TPSA) is 268 Å². The van der Waals surface area contributed by atoms with E-state index in [1.165, 1.54) is 0 Å². The first kappa shape index (κ1) is 42.8. The number of nitrogens with two attached hydrogens (primary N) is 2. The van der Waals surface area contributed by atoms with E-state index < -0.39 is 84.9 Å². The van der Waals surface area contributed by atoms with Crippen molar-refractivity contribution < 1.29 is 68.3 Å². The highest BCUT2D eigenvalue weighted by Gasteiger charge is 2.60. The quantitative estimate of drug-likeness (QED) is 0.0656. The van der Waals surface area contributed by atoms with Crippen molar-refractivity contribution in [2.75, 3.05) is 26.9 Å². The summed E-state index contributed by atoms with van der Waals surface area (Å²) in [5.74, 6) is 5.24. The van der Waals surface area contributed by atoms with Gasteiger partial charge in [0.15, 0.2) is 23.2 Å². The Labute approximate surface area is 372 Å². The number of benzene rings is 3. The Hall–Kier alpha value is -6.17. The van der Waals surface area contributed by atoms with Gasteiger partial charge in [0, 0.05) is 54.1 Å². The van der Waals surface area contributed by atoms with E-state index in [1.54, 1.807) is 19.4 Å². The SMILES string of the molecule is COc1ccc2c3c1OCCC#CC(c1ccccc1)C1Oc4cc5c(c(CN6CC7=CC=NC7=C6CO)c4C(O3)C21)CCC1(O)C(O5)OC(C(OC(=O)CC(=O)O)C(N)N)C(O)C1O. The second-order valence-corrected chi connectivity index (χ2v) is 17.1. The molecule has 0 spiro atoms. The maximum absolute atomic E-state index is 12.5. The summed E-state index contributed by atoms with van der Waals surface area (Å²) in [6.45, 7) is 0.590. The van der Waals surface area contributed by atoms with Gasteiger partial charge in [0.25, 0.3) is 0 Å². The van der Waals surface area contributed by atoms with Gasteiger partial charge in [0.1, 0.15) is 48.4 Å². The van der Waals surface area contributed by atoms with Gasteiger partial charge in [-0.1, -0.05) is 48.2 Å². The molecule has 0 aromatic heterocycles. The Morgan fingerprint density at radius 1 is 1.08 bits per heavy atom. The summed E-state index contributed by atoms with van der Waals surface area (Å²) >= 11 is 0. The third kappa shape index (κ3) is 7.15. The Morgan fingerprint density at radius 2 is 1.89 bits per heavy atom. The number of fused-ring (bicyclic) bond motifs is 5. The largest absolute Gasteiger partial charge is 0.493 e. The van der Waals surface area contributed by atoms with Gasteiger partial charge in [-0.3, -0.25) is 14.6 Å². The van der Waals surface area contributed by atoms with E-state index in [0.29, 0.717) is 64.0 Å². The number of methoxy groups -OCH3 is 1. The molecule has 0 amide bonds. The van der Waals surface area contributed by atoms with Crippen LogP contribution in [0.5, 0.6) is 28.7 Å². The van der Waals surface area contributed by atoms with Crippen molar-refractivity contribution in [1.82, 2.24) is 4.90 Å². The molecular weight excluding hydrogens is 845 g/mol. The molecule has 0 aliphatic carbocycles. The Balaban J connectivity index is 1.13. The van der Waals surface area contributed by atoms with Gasteiger partial charge in [-0.05, 0) is 36.1 Å². The van der Waals surface area contributed by atoms with Gasteiger partial charge in [-0.2, -0.15) is 0 Å². The fourth-order valence-electron chi connectivity index (χ4n) is 10.3. The number of ether oxygens (including phenoxy) is 7. The van der Waals surface area contributed by atoms with E-state index in [1.807, 2.05) is 53.4 Å². The lowest BCUT2D eigenvalue weighted by atomic mass is 9.75. The highest BCUT2D eigenvalue weighted by Crippen LogP contribution is 2.62. The summed E-state index contributed by atoms with van der Waals surface area (Å²) < 4.78 is 44.7. The van der Waals surface area contributed by atoms with E-state index in [0.717, 1.165) is 16.7 Å². The molecule has 10 unspecified atom stereocenters. The highest BCUT2D eigenvalue weighted by atomic mass is 16.7. The number of carbonyl (C=O) groups excluding carboxylic acids is 1. The van der Waals surface area contributed by atoms with Crippen LogP contribution in [-0.2, 0) is 32.0 Å². The monoisotopic (exact) mass is 892 g/mol. The minimum atomic E-state index is -2.26. The van der Waals surface area contributed by atoms with E-state index in [2.05, 4.69) is 16.8 Å². The van der Waals surface area contributed by atoms with Crippen LogP contribution in [0.1, 0.15) is 65.0 Å². The van der Waals surface area contributed by atoms with Crippen molar-refractivity contribution in [2.24, 2.45) is 16.5 Å². The number of nitrogens with zero attached hydrogens (tertiary/aromatic N) is 2. The number of aliphatic carboxylic acids is 1. The van der Waals surface area contributed by atoms with Crippen LogP contribution in [-0.4, -0.2) is 124 Å². The van der Waals surface area contributed by atoms with E-state index in [4.69, 9.17) is 44.6 Å². The van der Waals surface area contributed by atoms with Gasteiger partial charge in [-0.25, -0.2) is 0 Å². The van der Waals surface area contributed by atoms with Gasteiger partial charge in [0.05, 0.1) is 49.7 Å². The van der Waals surface area contributed by atoms with Crippen LogP contribution >= 0.6 is 0 Å². The van der Waals surface area contributed by atoms with Gasteiger partial charge < -0.3 is 75.1 Å². The first-order valence-electron chi connectivity index (χ1n) is 21.4. The number of hydrogen-bond donors (Lipinski definition) is 7. The molecule has 1 fully saturated rings. The predicted octanol–water partition coefficient (Wildman–Crippen LogP) is 1.41. The van der Waals surface area contributed by atoms with Crippen LogP contribution in [0.4, 0.5) is 0 Å². The summed E-state index contributed by atoms with van der Waals surface area (Å²) in [5.41, 5.74) is 15.7. The van der Waals surface area contributed by atoms with Crippen molar-refractivity contribution >= 4 is 18.2 Å². The Bertz CT molecular complexity index is 2590. The third-order valence-corrected chi connectivity index (χ3v) is 13.3. The number of aliphatic hydroxyl groups is 4. The molecule has 3 aromatic carbocycles. The predicted molar refractivity (Wildman–Crippen MR) is 227 cm³/mol. The second kappa shape index (κ2) is 16.7. The zero-order valence-electron chi connectivity index (χ0n) is 35.2. The first-order valence-corrected chi connectivity index (χ1v) is 21.4. The lowest BCUT2D eigenvalue weighted by Gasteiger charge is -2.48. The average molecular weight is 893 g/mol. The molecule has 7 heterocycles. The van der Waals surface area contributed by atoms with E-state index in [9.17, 15) is 35.1 Å². The van der Waals surface area contributed by atoms with Crippen LogP contribution in [0.25, 0.3) is 0 Å². The number of rotatable bonds is 10. The summed E-state index contributed by atoms with van der Waals surface area (Å²) in [5, 5.41) is 55.5. The molecule has 10 rings (SSSR count). The molecule has 4 bridgehead atoms. The number of carboxylic acid groups (broad SMARTS) is 1. The Morgan fingerprint density at radius 3 is 2.65 bits per heavy atom. The maximum Gasteiger partial charge on any atom is 0.317 e. The number of aliphatic imine (C=N–C) groups is 1. The van der Waals surface area contributed by atoms with Crippen molar-refractivity contribution in [2.45, 2.75) is 98.7 Å². The summed E-state index contributed by atoms with van der Waals surface area (Å²) in [7, 11) is 1.57. The molecular formula is C47H48N4O14. The molecule has 10 atom stereocenters. The lowest BCUT2D eigenvalue weighted by molar-refractivity contribution is -0.329. The summed E-state index contributed by atoms with van der Waals surface area (Å²) in [6, 6.07) is 15.4. The molecule has 0 saturated carbocycles. The molecule has 3 aromatic rings. The van der Waals surface area contributed by atoms with E-state index >= 15 is 0 Å². The minimum Gasteiger partial charge on any atom is -0.493 e. The second-order valence-electron chi connectivity index (χ2n) is 17.1. The standard InChI is InChI=1S/C47H48N4O14/c1-59-29-11-10-26-35-38-24(22-7-3-2-4-8-22)9-5-6-16-60-40(29)39(26)64-41(35)34-27(20-51-19-23-13-15-50-36(23)28(51)21-52)25-12-14-47(58)44(57)37(56)42(43(45(48)49)63-33(55)18-32(53)54)65-46(47)62-30(25)17-31(34)61-38/h2-4,7-8,10-11,13,15,17,24,35,37-38,41-46,52,56-58H,6,12,14,16,18-21,48-49H2,1H3,(H,53,54). The zero-order valence-corrected chi connectivity index (χ0v) is 35.2. The van der Waals surface area contributed by atoms with Crippen LogP contribution < -0.4 is 35.2 Å². The molecule has 1 saturated heterocycles. The fourth-order valence-corrected chi connectivity index (χ4v) is 10.3. The third-order valence-electron chi connectivity index (χ3n) is 13.3. The summed E-state index contributed by atoms with van der Waals surface area (Å²) in [4.78, 5) is 30.4. The zero-order chi connectivity index (χ0) is 45.3. The van der Waals surface area contributed by atoms with Crippen LogP contribution in [0.3, 0.4) is 0 Å². The van der Waals surface area contributed by atoms with Crippen molar-refractivity contribution in [3.05, 3.63) is 99.4 Å². The van der Waals surface area contributed by atoms with Gasteiger partial charge in [-0.15, -0.1) is 0 Å². The molecule has 65 heavy (non-hydrogen) atoms. The van der Waals surface area contributed by atoms with Crippen molar-refractivity contribution in [3.63, 3.8) is 0 Å². The number of esters is 1. The molecule has 340 valence electrons. The number of aliphatic hydroxyl groups excluding tert-OH is 3. The number of hydrogen-bond acceptors (Lipinski definition) is 17. The molecule has 18 nitrogen and oxygen atoms in total. The number of carboxylic acids is 1. The molecule has 7 aliphatic rings. The van der Waals surface area contributed by atoms with Gasteiger partial charge >= 0.3 is 11.9 Å². The molecule has 9 N–H and O–H groups in total. The number of allylic oxidation sites excluding steroid dienone is 1. The molecule has 7 aliphatic heterocycles. The first-order chi connectivity index (χ1) is 31.4. The molecule has 0 radical (unpaired) electrons. The smallest absolute Gasteiger partial charge is 0.317 e. The molecule has 18 heteroatoms. The highest BCUT2D eigenvalue weighted by molar-refractivity contribution is 5.90. The fraction of sp³-hybridized carbons (Fsp3) is 0.426.